The molecular formula is C14H16N2O3. The van der Waals surface area contributed by atoms with E-state index >= 15 is 0 Å². The predicted octanol–water partition coefficient (Wildman–Crippen LogP) is 2.67. The van der Waals surface area contributed by atoms with Crippen LogP contribution in [0.5, 0.6) is 23.0 Å². The smallest absolute Gasteiger partial charge is 0.142 e. The standard InChI is InChI=1S/C14H16N2O3/c1-7-3-9(15)11(17)5-13(7)19-14-6-12(18)10(16)4-8(14)2/h3-6,17-18H,15-16H2,1-2H3. The molecule has 100 valence electrons. The fourth-order valence-electron chi connectivity index (χ4n) is 1.74. The number of anilines is 2. The Hall–Kier alpha value is -2.56. The molecule has 0 amide bonds. The highest BCUT2D eigenvalue weighted by molar-refractivity contribution is 5.61. The third-order valence-electron chi connectivity index (χ3n) is 2.87. The number of aromatic hydroxyl groups is 2. The molecule has 6 N–H and O–H groups in total. The molecule has 0 heterocycles. The van der Waals surface area contributed by atoms with Crippen molar-refractivity contribution in [3.05, 3.63) is 35.4 Å². The molecule has 0 aromatic heterocycles. The minimum atomic E-state index is -0.0436. The number of benzene rings is 2. The van der Waals surface area contributed by atoms with E-state index in [0.29, 0.717) is 22.9 Å². The van der Waals surface area contributed by atoms with Gasteiger partial charge in [-0.2, -0.15) is 0 Å². The van der Waals surface area contributed by atoms with E-state index in [2.05, 4.69) is 0 Å². The van der Waals surface area contributed by atoms with Gasteiger partial charge in [-0.3, -0.25) is 0 Å². The molecule has 0 bridgehead atoms. The molecule has 0 spiro atoms. The highest BCUT2D eigenvalue weighted by atomic mass is 16.5. The van der Waals surface area contributed by atoms with Crippen LogP contribution in [0.1, 0.15) is 11.1 Å². The molecule has 0 aliphatic carbocycles. The van der Waals surface area contributed by atoms with Gasteiger partial charge in [0.25, 0.3) is 0 Å². The number of ether oxygens (including phenoxy) is 1. The zero-order chi connectivity index (χ0) is 14.2. The number of nitrogens with two attached hydrogens (primary N) is 2. The first kappa shape index (κ1) is 12.9. The van der Waals surface area contributed by atoms with Crippen molar-refractivity contribution >= 4 is 11.4 Å². The molecule has 0 fully saturated rings. The van der Waals surface area contributed by atoms with Crippen LogP contribution in [0, 0.1) is 13.8 Å². The molecule has 0 saturated carbocycles. The van der Waals surface area contributed by atoms with Crippen molar-refractivity contribution < 1.29 is 14.9 Å². The molecule has 2 aromatic rings. The quantitative estimate of drug-likeness (QED) is 0.491. The highest BCUT2D eigenvalue weighted by Gasteiger charge is 2.10. The second kappa shape index (κ2) is 4.61. The molecule has 5 nitrogen and oxygen atoms in total. The zero-order valence-corrected chi connectivity index (χ0v) is 10.8. The average Bonchev–Trinajstić information content (AvgIpc) is 2.32. The predicted molar refractivity (Wildman–Crippen MR) is 74.6 cm³/mol. The maximum absolute atomic E-state index is 9.60. The fourth-order valence-corrected chi connectivity index (χ4v) is 1.74. The summed E-state index contributed by atoms with van der Waals surface area (Å²) < 4.78 is 5.68. The third-order valence-corrected chi connectivity index (χ3v) is 2.87. The van der Waals surface area contributed by atoms with Gasteiger partial charge in [-0.25, -0.2) is 0 Å². The first-order valence-electron chi connectivity index (χ1n) is 5.74. The SMILES string of the molecule is Cc1cc(N)c(O)cc1Oc1cc(O)c(N)cc1C. The van der Waals surface area contributed by atoms with Gasteiger partial charge in [0.1, 0.15) is 23.0 Å². The first-order chi connectivity index (χ1) is 8.88. The summed E-state index contributed by atoms with van der Waals surface area (Å²) in [6.45, 7) is 3.63. The normalized spacial score (nSPS) is 10.4. The molecule has 2 aromatic carbocycles. The first-order valence-corrected chi connectivity index (χ1v) is 5.74. The van der Waals surface area contributed by atoms with E-state index < -0.39 is 0 Å². The van der Waals surface area contributed by atoms with Gasteiger partial charge < -0.3 is 26.4 Å². The highest BCUT2D eigenvalue weighted by Crippen LogP contribution is 2.36. The molecule has 0 atom stereocenters. The van der Waals surface area contributed by atoms with Crippen LogP contribution >= 0.6 is 0 Å². The number of aryl methyl sites for hydroxylation is 2. The Balaban J connectivity index is 2.42. The summed E-state index contributed by atoms with van der Waals surface area (Å²) in [6.07, 6.45) is 0. The lowest BCUT2D eigenvalue weighted by Crippen LogP contribution is -1.94. The summed E-state index contributed by atoms with van der Waals surface area (Å²) >= 11 is 0. The molecule has 0 unspecified atom stereocenters. The van der Waals surface area contributed by atoms with E-state index in [4.69, 9.17) is 16.2 Å². The van der Waals surface area contributed by atoms with Crippen LogP contribution in [0.2, 0.25) is 0 Å². The van der Waals surface area contributed by atoms with Gasteiger partial charge in [-0.15, -0.1) is 0 Å². The number of rotatable bonds is 2. The van der Waals surface area contributed by atoms with Gasteiger partial charge in [0.05, 0.1) is 11.4 Å². The summed E-state index contributed by atoms with van der Waals surface area (Å²) in [4.78, 5) is 0. The molecule has 19 heavy (non-hydrogen) atoms. The van der Waals surface area contributed by atoms with Crippen molar-refractivity contribution in [2.75, 3.05) is 11.5 Å². The summed E-state index contributed by atoms with van der Waals surface area (Å²) in [5.74, 6) is 0.855. The Labute approximate surface area is 111 Å². The number of nitrogen functional groups attached to an aromatic ring is 2. The number of phenols is 2. The summed E-state index contributed by atoms with van der Waals surface area (Å²) in [6, 6.07) is 6.13. The van der Waals surface area contributed by atoms with Crippen molar-refractivity contribution in [3.8, 4) is 23.0 Å². The molecular weight excluding hydrogens is 244 g/mol. The third kappa shape index (κ3) is 2.49. The van der Waals surface area contributed by atoms with Crippen LogP contribution in [0.15, 0.2) is 24.3 Å². The number of hydrogen-bond donors (Lipinski definition) is 4. The minimum absolute atomic E-state index is 0.0436. The van der Waals surface area contributed by atoms with Gasteiger partial charge in [-0.1, -0.05) is 0 Å². The van der Waals surface area contributed by atoms with Gasteiger partial charge in [0.15, 0.2) is 0 Å². The van der Waals surface area contributed by atoms with Crippen molar-refractivity contribution in [2.24, 2.45) is 0 Å². The minimum Gasteiger partial charge on any atom is -0.506 e. The summed E-state index contributed by atoms with van der Waals surface area (Å²) in [5, 5.41) is 19.2. The number of hydrogen-bond acceptors (Lipinski definition) is 5. The van der Waals surface area contributed by atoms with Gasteiger partial charge in [0, 0.05) is 12.1 Å². The maximum Gasteiger partial charge on any atom is 0.142 e. The van der Waals surface area contributed by atoms with Crippen LogP contribution in [-0.2, 0) is 0 Å². The Kier molecular flexibility index (Phi) is 3.12. The topological polar surface area (TPSA) is 102 Å². The number of phenolic OH excluding ortho intramolecular Hbond substituents is 2. The summed E-state index contributed by atoms with van der Waals surface area (Å²) in [5.41, 5.74) is 13.3. The van der Waals surface area contributed by atoms with E-state index in [-0.39, 0.29) is 11.5 Å². The molecule has 5 heteroatoms. The Morgan fingerprint density at radius 1 is 0.789 bits per heavy atom. The second-order valence-corrected chi connectivity index (χ2v) is 4.46. The zero-order valence-electron chi connectivity index (χ0n) is 10.8. The molecule has 0 saturated heterocycles. The molecule has 0 radical (unpaired) electrons. The van der Waals surface area contributed by atoms with E-state index in [0.717, 1.165) is 11.1 Å². The lowest BCUT2D eigenvalue weighted by Gasteiger charge is -2.13. The van der Waals surface area contributed by atoms with Gasteiger partial charge in [0.2, 0.25) is 0 Å². The van der Waals surface area contributed by atoms with Crippen molar-refractivity contribution in [1.82, 2.24) is 0 Å². The summed E-state index contributed by atoms with van der Waals surface area (Å²) in [7, 11) is 0. The molecule has 0 aliphatic heterocycles. The van der Waals surface area contributed by atoms with Gasteiger partial charge in [-0.05, 0) is 37.1 Å². The Morgan fingerprint density at radius 2 is 1.16 bits per heavy atom. The van der Waals surface area contributed by atoms with E-state index in [9.17, 15) is 10.2 Å². The van der Waals surface area contributed by atoms with Crippen LogP contribution < -0.4 is 16.2 Å². The maximum atomic E-state index is 9.60. The van der Waals surface area contributed by atoms with Crippen LogP contribution in [0.25, 0.3) is 0 Å². The average molecular weight is 260 g/mol. The van der Waals surface area contributed by atoms with Crippen LogP contribution in [0.4, 0.5) is 11.4 Å². The van der Waals surface area contributed by atoms with E-state index in [1.165, 1.54) is 12.1 Å². The van der Waals surface area contributed by atoms with Crippen LogP contribution in [0.3, 0.4) is 0 Å². The molecule has 2 rings (SSSR count). The second-order valence-electron chi connectivity index (χ2n) is 4.46. The lowest BCUT2D eigenvalue weighted by atomic mass is 10.1. The Bertz CT molecular complexity index is 584. The lowest BCUT2D eigenvalue weighted by molar-refractivity contribution is 0.444. The van der Waals surface area contributed by atoms with Crippen LogP contribution in [-0.4, -0.2) is 10.2 Å². The van der Waals surface area contributed by atoms with E-state index in [1.807, 2.05) is 13.8 Å². The fraction of sp³-hybridized carbons (Fsp3) is 0.143. The van der Waals surface area contributed by atoms with E-state index in [1.54, 1.807) is 12.1 Å². The monoisotopic (exact) mass is 260 g/mol. The molecule has 0 aliphatic rings. The van der Waals surface area contributed by atoms with Crippen molar-refractivity contribution in [3.63, 3.8) is 0 Å². The Morgan fingerprint density at radius 3 is 1.53 bits per heavy atom. The van der Waals surface area contributed by atoms with Gasteiger partial charge >= 0.3 is 0 Å². The van der Waals surface area contributed by atoms with Crippen molar-refractivity contribution in [1.29, 1.82) is 0 Å². The van der Waals surface area contributed by atoms with Crippen molar-refractivity contribution in [2.45, 2.75) is 13.8 Å². The largest absolute Gasteiger partial charge is 0.506 e.